The molecule has 2 heterocycles. The highest BCUT2D eigenvalue weighted by molar-refractivity contribution is 7.99. The largest absolute Gasteiger partial charge is 0.461 e. The van der Waals surface area contributed by atoms with Gasteiger partial charge in [-0.25, -0.2) is 0 Å². The van der Waals surface area contributed by atoms with Gasteiger partial charge in [-0.3, -0.25) is 4.57 Å². The molecule has 8 heteroatoms. The first-order valence-electron chi connectivity index (χ1n) is 7.82. The van der Waals surface area contributed by atoms with Gasteiger partial charge in [0.2, 0.25) is 5.82 Å². The van der Waals surface area contributed by atoms with Crippen molar-refractivity contribution < 1.29 is 17.6 Å². The van der Waals surface area contributed by atoms with Crippen LogP contribution in [0.1, 0.15) is 23.3 Å². The molecule has 136 valence electrons. The maximum atomic E-state index is 12.7. The van der Waals surface area contributed by atoms with E-state index in [1.807, 2.05) is 11.5 Å². The van der Waals surface area contributed by atoms with E-state index in [9.17, 15) is 13.2 Å². The topological polar surface area (TPSA) is 43.9 Å². The molecule has 0 bridgehead atoms. The van der Waals surface area contributed by atoms with Gasteiger partial charge in [0, 0.05) is 11.8 Å². The highest BCUT2D eigenvalue weighted by Gasteiger charge is 2.30. The number of aromatic nitrogens is 3. The number of nitrogens with zero attached hydrogens (tertiary/aromatic N) is 3. The zero-order valence-corrected chi connectivity index (χ0v) is 14.7. The lowest BCUT2D eigenvalue weighted by Gasteiger charge is -2.13. The standard InChI is InChI=1S/C18H16F3N3OS/c1-3-10-24-16(15-5-4-11-25-15)22-23-17(24)26-12(2)13-6-8-14(9-7-13)18(19,20)21/h3-9,11-12H,1,10H2,2H3. The van der Waals surface area contributed by atoms with Crippen molar-refractivity contribution in [3.63, 3.8) is 0 Å². The summed E-state index contributed by atoms with van der Waals surface area (Å²) in [4.78, 5) is 0. The van der Waals surface area contributed by atoms with Crippen LogP contribution in [0.3, 0.4) is 0 Å². The lowest BCUT2D eigenvalue weighted by molar-refractivity contribution is -0.137. The fourth-order valence-corrected chi connectivity index (χ4v) is 3.41. The van der Waals surface area contributed by atoms with Crippen molar-refractivity contribution >= 4 is 11.8 Å². The Morgan fingerprint density at radius 1 is 1.23 bits per heavy atom. The lowest BCUT2D eigenvalue weighted by atomic mass is 10.1. The van der Waals surface area contributed by atoms with Crippen molar-refractivity contribution in [2.24, 2.45) is 0 Å². The summed E-state index contributed by atoms with van der Waals surface area (Å²) < 4.78 is 45.3. The number of benzene rings is 1. The third-order valence-electron chi connectivity index (χ3n) is 3.76. The zero-order valence-electron chi connectivity index (χ0n) is 13.9. The Kier molecular flexibility index (Phi) is 5.22. The van der Waals surface area contributed by atoms with E-state index >= 15 is 0 Å². The first-order chi connectivity index (χ1) is 12.4. The van der Waals surface area contributed by atoms with Gasteiger partial charge in [0.1, 0.15) is 0 Å². The van der Waals surface area contributed by atoms with Gasteiger partial charge in [0.15, 0.2) is 10.9 Å². The van der Waals surface area contributed by atoms with E-state index in [1.165, 1.54) is 23.9 Å². The minimum absolute atomic E-state index is 0.102. The van der Waals surface area contributed by atoms with Crippen LogP contribution in [0.5, 0.6) is 0 Å². The normalized spacial score (nSPS) is 12.9. The highest BCUT2D eigenvalue weighted by atomic mass is 32.2. The van der Waals surface area contributed by atoms with Gasteiger partial charge >= 0.3 is 6.18 Å². The fourth-order valence-electron chi connectivity index (χ4n) is 2.43. The number of hydrogen-bond acceptors (Lipinski definition) is 4. The van der Waals surface area contributed by atoms with E-state index in [1.54, 1.807) is 24.5 Å². The molecule has 0 saturated carbocycles. The quantitative estimate of drug-likeness (QED) is 0.413. The minimum atomic E-state index is -4.34. The van der Waals surface area contributed by atoms with Crippen molar-refractivity contribution in [1.82, 2.24) is 14.8 Å². The Balaban J connectivity index is 1.83. The summed E-state index contributed by atoms with van der Waals surface area (Å²) in [6, 6.07) is 8.71. The van der Waals surface area contributed by atoms with Crippen LogP contribution in [0, 0.1) is 0 Å². The van der Waals surface area contributed by atoms with Crippen molar-refractivity contribution in [2.75, 3.05) is 0 Å². The molecule has 2 aromatic heterocycles. The van der Waals surface area contributed by atoms with E-state index in [2.05, 4.69) is 16.8 Å². The van der Waals surface area contributed by atoms with E-state index in [-0.39, 0.29) is 5.25 Å². The molecular formula is C18H16F3N3OS. The molecule has 0 spiro atoms. The van der Waals surface area contributed by atoms with E-state index in [0.29, 0.717) is 23.3 Å². The zero-order chi connectivity index (χ0) is 18.7. The van der Waals surface area contributed by atoms with Crippen molar-refractivity contribution in [3.8, 4) is 11.6 Å². The van der Waals surface area contributed by atoms with Crippen LogP contribution in [-0.2, 0) is 12.7 Å². The van der Waals surface area contributed by atoms with Gasteiger partial charge in [-0.05, 0) is 36.8 Å². The predicted molar refractivity (Wildman–Crippen MR) is 93.6 cm³/mol. The molecule has 4 nitrogen and oxygen atoms in total. The molecule has 0 saturated heterocycles. The molecule has 3 rings (SSSR count). The molecular weight excluding hydrogens is 363 g/mol. The summed E-state index contributed by atoms with van der Waals surface area (Å²) in [5.41, 5.74) is 0.115. The van der Waals surface area contributed by atoms with E-state index in [4.69, 9.17) is 4.42 Å². The van der Waals surface area contributed by atoms with Gasteiger partial charge in [-0.15, -0.1) is 16.8 Å². The second kappa shape index (κ2) is 7.41. The molecule has 1 atom stereocenters. The molecule has 3 aromatic rings. The summed E-state index contributed by atoms with van der Waals surface area (Å²) in [5, 5.41) is 8.91. The molecule has 0 fully saturated rings. The van der Waals surface area contributed by atoms with Crippen molar-refractivity contribution in [2.45, 2.75) is 30.1 Å². The predicted octanol–water partition coefficient (Wildman–Crippen LogP) is 5.60. The molecule has 0 amide bonds. The molecule has 0 aliphatic heterocycles. The number of rotatable bonds is 6. The van der Waals surface area contributed by atoms with Crippen LogP contribution in [0.15, 0.2) is 64.9 Å². The van der Waals surface area contributed by atoms with Crippen molar-refractivity contribution in [3.05, 3.63) is 66.4 Å². The Labute approximate surface area is 152 Å². The summed E-state index contributed by atoms with van der Waals surface area (Å²) in [5.74, 6) is 1.17. The Bertz CT molecular complexity index is 870. The molecule has 1 unspecified atom stereocenters. The number of furan rings is 1. The molecule has 0 aliphatic carbocycles. The summed E-state index contributed by atoms with van der Waals surface area (Å²) >= 11 is 1.41. The highest BCUT2D eigenvalue weighted by Crippen LogP contribution is 2.37. The van der Waals surface area contributed by atoms with E-state index < -0.39 is 11.7 Å². The molecule has 0 N–H and O–H groups in total. The summed E-state index contributed by atoms with van der Waals surface area (Å²) in [7, 11) is 0. The SMILES string of the molecule is C=CCn1c(SC(C)c2ccc(C(F)(F)F)cc2)nnc1-c1ccco1. The summed E-state index contributed by atoms with van der Waals surface area (Å²) in [6.07, 6.45) is -1.06. The van der Waals surface area contributed by atoms with Gasteiger partial charge in [-0.1, -0.05) is 30.0 Å². The number of hydrogen-bond donors (Lipinski definition) is 0. The minimum Gasteiger partial charge on any atom is -0.461 e. The average Bonchev–Trinajstić information content (AvgIpc) is 3.25. The lowest BCUT2D eigenvalue weighted by Crippen LogP contribution is -2.05. The monoisotopic (exact) mass is 379 g/mol. The second-order valence-electron chi connectivity index (χ2n) is 5.56. The van der Waals surface area contributed by atoms with Crippen LogP contribution >= 0.6 is 11.8 Å². The fraction of sp³-hybridized carbons (Fsp3) is 0.222. The molecule has 0 radical (unpaired) electrons. The van der Waals surface area contributed by atoms with Crippen LogP contribution in [0.25, 0.3) is 11.6 Å². The van der Waals surface area contributed by atoms with Crippen molar-refractivity contribution in [1.29, 1.82) is 0 Å². The van der Waals surface area contributed by atoms with E-state index in [0.717, 1.165) is 17.7 Å². The maximum absolute atomic E-state index is 12.7. The van der Waals surface area contributed by atoms with Gasteiger partial charge in [0.05, 0.1) is 11.8 Å². The first kappa shape index (κ1) is 18.3. The molecule has 0 aliphatic rings. The molecule has 26 heavy (non-hydrogen) atoms. The number of thioether (sulfide) groups is 1. The van der Waals surface area contributed by atoms with Crippen LogP contribution < -0.4 is 0 Å². The Hall–Kier alpha value is -2.48. The van der Waals surface area contributed by atoms with Gasteiger partial charge in [-0.2, -0.15) is 13.2 Å². The Morgan fingerprint density at radius 2 is 1.96 bits per heavy atom. The maximum Gasteiger partial charge on any atom is 0.416 e. The molecule has 1 aromatic carbocycles. The smallest absolute Gasteiger partial charge is 0.416 e. The van der Waals surface area contributed by atoms with Crippen LogP contribution in [-0.4, -0.2) is 14.8 Å². The first-order valence-corrected chi connectivity index (χ1v) is 8.70. The second-order valence-corrected chi connectivity index (χ2v) is 6.87. The third-order valence-corrected chi connectivity index (χ3v) is 4.90. The number of alkyl halides is 3. The summed E-state index contributed by atoms with van der Waals surface area (Å²) in [6.45, 7) is 6.15. The Morgan fingerprint density at radius 3 is 2.54 bits per heavy atom. The average molecular weight is 379 g/mol. The third kappa shape index (κ3) is 3.85. The number of halogens is 3. The number of allylic oxidation sites excluding steroid dienone is 1. The van der Waals surface area contributed by atoms with Gasteiger partial charge in [0.25, 0.3) is 0 Å². The van der Waals surface area contributed by atoms with Crippen LogP contribution in [0.2, 0.25) is 0 Å². The van der Waals surface area contributed by atoms with Crippen LogP contribution in [0.4, 0.5) is 13.2 Å². The van der Waals surface area contributed by atoms with Gasteiger partial charge < -0.3 is 4.42 Å².